The van der Waals surface area contributed by atoms with Crippen molar-refractivity contribution in [1.82, 2.24) is 9.88 Å². The van der Waals surface area contributed by atoms with E-state index in [1.54, 1.807) is 0 Å². The molecule has 0 saturated carbocycles. The van der Waals surface area contributed by atoms with E-state index in [0.717, 1.165) is 36.5 Å². The van der Waals surface area contributed by atoms with E-state index in [2.05, 4.69) is 29.3 Å². The number of guanidine groups is 1. The number of nitrogens with zero attached hydrogens (tertiary/aromatic N) is 2. The lowest BCUT2D eigenvalue weighted by Gasteiger charge is -2.10. The van der Waals surface area contributed by atoms with Gasteiger partial charge in [0.2, 0.25) is 0 Å². The molecular weight excluding hydrogens is 214 g/mol. The van der Waals surface area contributed by atoms with Crippen LogP contribution in [0.15, 0.2) is 12.1 Å². The molecule has 5 nitrogen and oxygen atoms in total. The SMILES string of the molecule is Cc1nc(CCCN(C)C)ccc1NC(=N)N. The molecule has 17 heavy (non-hydrogen) atoms. The minimum atomic E-state index is -0.0599. The van der Waals surface area contributed by atoms with Gasteiger partial charge < -0.3 is 16.0 Å². The highest BCUT2D eigenvalue weighted by Crippen LogP contribution is 2.13. The van der Waals surface area contributed by atoms with Gasteiger partial charge in [-0.25, -0.2) is 0 Å². The van der Waals surface area contributed by atoms with Gasteiger partial charge in [-0.1, -0.05) is 0 Å². The van der Waals surface area contributed by atoms with Gasteiger partial charge in [-0.3, -0.25) is 10.4 Å². The van der Waals surface area contributed by atoms with E-state index >= 15 is 0 Å². The molecule has 0 aliphatic carbocycles. The van der Waals surface area contributed by atoms with Gasteiger partial charge in [-0.05, 0) is 52.5 Å². The molecule has 1 aromatic rings. The molecule has 0 bridgehead atoms. The predicted octanol–water partition coefficient (Wildman–Crippen LogP) is 1.19. The number of pyridine rings is 1. The van der Waals surface area contributed by atoms with Crippen LogP contribution in [0.1, 0.15) is 17.8 Å². The smallest absolute Gasteiger partial charge is 0.190 e. The first-order valence-electron chi connectivity index (χ1n) is 5.71. The molecule has 94 valence electrons. The lowest BCUT2D eigenvalue weighted by molar-refractivity contribution is 0.399. The summed E-state index contributed by atoms with van der Waals surface area (Å²) < 4.78 is 0. The van der Waals surface area contributed by atoms with Crippen LogP contribution in [0.25, 0.3) is 0 Å². The fourth-order valence-corrected chi connectivity index (χ4v) is 1.61. The standard InChI is InChI=1S/C12H21N5/c1-9-11(16-12(13)14)7-6-10(15-9)5-4-8-17(2)3/h6-7H,4-5,8H2,1-3H3,(H4,13,14,16). The van der Waals surface area contributed by atoms with Crippen molar-refractivity contribution < 1.29 is 0 Å². The third-order valence-corrected chi connectivity index (χ3v) is 2.45. The lowest BCUT2D eigenvalue weighted by atomic mass is 10.2. The highest BCUT2D eigenvalue weighted by atomic mass is 15.1. The van der Waals surface area contributed by atoms with E-state index in [1.807, 2.05) is 19.1 Å². The summed E-state index contributed by atoms with van der Waals surface area (Å²) in [6.45, 7) is 2.98. The number of nitrogens with two attached hydrogens (primary N) is 1. The van der Waals surface area contributed by atoms with Crippen LogP contribution in [0, 0.1) is 12.3 Å². The van der Waals surface area contributed by atoms with Crippen molar-refractivity contribution in [3.63, 3.8) is 0 Å². The van der Waals surface area contributed by atoms with Crippen molar-refractivity contribution >= 4 is 11.6 Å². The van der Waals surface area contributed by atoms with Gasteiger partial charge in [-0.15, -0.1) is 0 Å². The number of aryl methyl sites for hydroxylation is 2. The summed E-state index contributed by atoms with van der Waals surface area (Å²) in [7, 11) is 4.14. The van der Waals surface area contributed by atoms with Crippen LogP contribution in [0.4, 0.5) is 5.69 Å². The summed E-state index contributed by atoms with van der Waals surface area (Å²) in [5, 5.41) is 9.94. The normalized spacial score (nSPS) is 10.6. The number of anilines is 1. The largest absolute Gasteiger partial charge is 0.370 e. The van der Waals surface area contributed by atoms with Crippen LogP contribution >= 0.6 is 0 Å². The molecule has 0 saturated heterocycles. The molecule has 0 spiro atoms. The van der Waals surface area contributed by atoms with E-state index in [4.69, 9.17) is 11.1 Å². The summed E-state index contributed by atoms with van der Waals surface area (Å²) >= 11 is 0. The molecule has 0 radical (unpaired) electrons. The molecule has 0 fully saturated rings. The van der Waals surface area contributed by atoms with E-state index in [1.165, 1.54) is 0 Å². The Morgan fingerprint density at radius 2 is 2.18 bits per heavy atom. The van der Waals surface area contributed by atoms with Gasteiger partial charge in [0.05, 0.1) is 11.4 Å². The molecule has 4 N–H and O–H groups in total. The van der Waals surface area contributed by atoms with E-state index < -0.39 is 0 Å². The molecule has 5 heteroatoms. The Labute approximate surface area is 103 Å². The third-order valence-electron chi connectivity index (χ3n) is 2.45. The molecule has 1 heterocycles. The maximum atomic E-state index is 7.17. The van der Waals surface area contributed by atoms with Crippen molar-refractivity contribution in [1.29, 1.82) is 5.41 Å². The van der Waals surface area contributed by atoms with Gasteiger partial charge >= 0.3 is 0 Å². The second kappa shape index (κ2) is 6.20. The van der Waals surface area contributed by atoms with Gasteiger partial charge in [0.1, 0.15) is 0 Å². The van der Waals surface area contributed by atoms with Crippen molar-refractivity contribution in [2.45, 2.75) is 19.8 Å². The number of hydrogen-bond donors (Lipinski definition) is 3. The highest BCUT2D eigenvalue weighted by Gasteiger charge is 2.02. The maximum Gasteiger partial charge on any atom is 0.190 e. The molecule has 1 rings (SSSR count). The fraction of sp³-hybridized carbons (Fsp3) is 0.500. The van der Waals surface area contributed by atoms with Gasteiger partial charge in [-0.2, -0.15) is 0 Å². The van der Waals surface area contributed by atoms with Crippen LogP contribution < -0.4 is 11.1 Å². The summed E-state index contributed by atoms with van der Waals surface area (Å²) in [5.41, 5.74) is 8.04. The summed E-state index contributed by atoms with van der Waals surface area (Å²) in [6.07, 6.45) is 2.07. The quantitative estimate of drug-likeness (QED) is 0.529. The molecule has 1 aromatic heterocycles. The van der Waals surface area contributed by atoms with Crippen molar-refractivity contribution in [3.8, 4) is 0 Å². The van der Waals surface area contributed by atoms with Crippen molar-refractivity contribution in [2.75, 3.05) is 26.0 Å². The Morgan fingerprint density at radius 3 is 2.71 bits per heavy atom. The van der Waals surface area contributed by atoms with Crippen LogP contribution in [-0.4, -0.2) is 36.5 Å². The zero-order valence-electron chi connectivity index (χ0n) is 10.7. The average molecular weight is 235 g/mol. The molecule has 0 amide bonds. The molecule has 0 aliphatic rings. The predicted molar refractivity (Wildman–Crippen MR) is 71.4 cm³/mol. The molecule has 0 atom stereocenters. The van der Waals surface area contributed by atoms with Gasteiger partial charge in [0, 0.05) is 5.69 Å². The number of rotatable bonds is 5. The Hall–Kier alpha value is -1.62. The van der Waals surface area contributed by atoms with E-state index in [9.17, 15) is 0 Å². The third kappa shape index (κ3) is 4.82. The monoisotopic (exact) mass is 235 g/mol. The summed E-state index contributed by atoms with van der Waals surface area (Å²) in [6, 6.07) is 3.91. The number of aromatic nitrogens is 1. The van der Waals surface area contributed by atoms with Gasteiger partial charge in [0.15, 0.2) is 5.96 Å². The topological polar surface area (TPSA) is 78.0 Å². The Morgan fingerprint density at radius 1 is 1.47 bits per heavy atom. The second-order valence-corrected chi connectivity index (χ2v) is 4.38. The van der Waals surface area contributed by atoms with Gasteiger partial charge in [0.25, 0.3) is 0 Å². The zero-order chi connectivity index (χ0) is 12.8. The number of hydrogen-bond acceptors (Lipinski definition) is 3. The molecule has 0 aromatic carbocycles. The van der Waals surface area contributed by atoms with E-state index in [-0.39, 0.29) is 5.96 Å². The van der Waals surface area contributed by atoms with Crippen LogP contribution in [0.2, 0.25) is 0 Å². The fourth-order valence-electron chi connectivity index (χ4n) is 1.61. The number of nitrogens with one attached hydrogen (secondary N) is 2. The van der Waals surface area contributed by atoms with Crippen LogP contribution in [0.3, 0.4) is 0 Å². The molecular formula is C12H21N5. The zero-order valence-corrected chi connectivity index (χ0v) is 10.7. The van der Waals surface area contributed by atoms with E-state index in [0.29, 0.717) is 0 Å². The first-order valence-corrected chi connectivity index (χ1v) is 5.71. The Balaban J connectivity index is 2.59. The van der Waals surface area contributed by atoms with Crippen LogP contribution in [0.5, 0.6) is 0 Å². The minimum Gasteiger partial charge on any atom is -0.370 e. The summed E-state index contributed by atoms with van der Waals surface area (Å²) in [4.78, 5) is 6.66. The second-order valence-electron chi connectivity index (χ2n) is 4.38. The Kier molecular flexibility index (Phi) is 4.90. The molecule has 0 unspecified atom stereocenters. The van der Waals surface area contributed by atoms with Crippen molar-refractivity contribution in [2.24, 2.45) is 5.73 Å². The minimum absolute atomic E-state index is 0.0599. The van der Waals surface area contributed by atoms with Crippen LogP contribution in [-0.2, 0) is 6.42 Å². The van der Waals surface area contributed by atoms with Crippen molar-refractivity contribution in [3.05, 3.63) is 23.5 Å². The first kappa shape index (κ1) is 13.4. The Bertz CT molecular complexity index is 386. The average Bonchev–Trinajstić information content (AvgIpc) is 2.21. The highest BCUT2D eigenvalue weighted by molar-refractivity contribution is 5.90. The maximum absolute atomic E-state index is 7.17. The summed E-state index contributed by atoms with van der Waals surface area (Å²) in [5.74, 6) is -0.0599. The molecule has 0 aliphatic heterocycles. The first-order chi connectivity index (χ1) is 7.99. The lowest BCUT2D eigenvalue weighted by Crippen LogP contribution is -2.21.